The molecule has 8 nitrogen and oxygen atoms in total. The van der Waals surface area contributed by atoms with Gasteiger partial charge in [-0.05, 0) is 63.3 Å². The molecule has 0 bridgehead atoms. The number of aromatic nitrogens is 3. The Bertz CT molecular complexity index is 1570. The Balaban J connectivity index is 0.880. The van der Waals surface area contributed by atoms with Crippen LogP contribution in [-0.4, -0.2) is 74.9 Å². The Hall–Kier alpha value is -3.65. The van der Waals surface area contributed by atoms with E-state index in [1.165, 1.54) is 34.6 Å². The van der Waals surface area contributed by atoms with E-state index in [-0.39, 0.29) is 12.2 Å². The van der Waals surface area contributed by atoms with Gasteiger partial charge in [-0.2, -0.15) is 0 Å². The first kappa shape index (κ1) is 25.3. The summed E-state index contributed by atoms with van der Waals surface area (Å²) in [6.07, 6.45) is 8.12. The van der Waals surface area contributed by atoms with E-state index in [2.05, 4.69) is 56.8 Å². The van der Waals surface area contributed by atoms with Gasteiger partial charge in [-0.25, -0.2) is 9.78 Å². The minimum atomic E-state index is -0.430. The molecule has 4 aromatic rings. The molecule has 2 saturated heterocycles. The number of likely N-dealkylation sites (tertiary alicyclic amines) is 2. The van der Waals surface area contributed by atoms with Gasteiger partial charge in [-0.15, -0.1) is 0 Å². The Morgan fingerprint density at radius 1 is 1.00 bits per heavy atom. The summed E-state index contributed by atoms with van der Waals surface area (Å²) in [7, 11) is 2.10. The molecule has 0 atom stereocenters. The van der Waals surface area contributed by atoms with Crippen LogP contribution in [-0.2, 0) is 11.8 Å². The standard InChI is InChI=1S/C32H37N5O3/c1-31(2,3)40-30(38)37-19-32(20-37)12-21(13-32)16-36-17-24(18-36)39-29-8-6-23(14-34-29)22-5-7-25-26-15-33-10-9-27(26)35(4)28(25)11-22/h5-11,14-15,21,24H,12-13,16-20H2,1-4H3. The molecule has 1 amide bonds. The number of fused-ring (bicyclic) bond motifs is 3. The van der Waals surface area contributed by atoms with Gasteiger partial charge in [0.15, 0.2) is 0 Å². The molecule has 3 aromatic heterocycles. The van der Waals surface area contributed by atoms with Crippen molar-refractivity contribution in [2.75, 3.05) is 32.7 Å². The number of nitrogens with zero attached hydrogens (tertiary/aromatic N) is 5. The van der Waals surface area contributed by atoms with Crippen LogP contribution in [0.1, 0.15) is 33.6 Å². The number of pyridine rings is 2. The molecule has 40 heavy (non-hydrogen) atoms. The maximum Gasteiger partial charge on any atom is 0.410 e. The zero-order chi connectivity index (χ0) is 27.6. The number of amides is 1. The lowest BCUT2D eigenvalue weighted by atomic mass is 9.57. The van der Waals surface area contributed by atoms with E-state index in [0.717, 1.165) is 49.8 Å². The van der Waals surface area contributed by atoms with Crippen molar-refractivity contribution in [2.24, 2.45) is 18.4 Å². The van der Waals surface area contributed by atoms with E-state index in [0.29, 0.717) is 11.3 Å². The SMILES string of the molecule is Cn1c2ccncc2c2ccc(-c3ccc(OC4CN(CC5CC6(C5)CN(C(=O)OC(C)(C)C)C6)C4)nc3)cc21. The second-order valence-electron chi connectivity index (χ2n) is 13.1. The molecule has 5 heterocycles. The van der Waals surface area contributed by atoms with Gasteiger partial charge in [0, 0.05) is 91.7 Å². The Labute approximate surface area is 234 Å². The minimum Gasteiger partial charge on any atom is -0.472 e. The molecule has 3 aliphatic rings. The lowest BCUT2D eigenvalue weighted by Gasteiger charge is -2.59. The molecular weight excluding hydrogens is 502 g/mol. The van der Waals surface area contributed by atoms with Gasteiger partial charge in [0.25, 0.3) is 0 Å². The van der Waals surface area contributed by atoms with E-state index in [9.17, 15) is 4.79 Å². The summed E-state index contributed by atoms with van der Waals surface area (Å²) in [4.78, 5) is 25.5. The van der Waals surface area contributed by atoms with Gasteiger partial charge in [-0.3, -0.25) is 9.88 Å². The van der Waals surface area contributed by atoms with Gasteiger partial charge in [0.2, 0.25) is 5.88 Å². The lowest BCUT2D eigenvalue weighted by Crippen LogP contribution is -2.66. The first-order valence-corrected chi connectivity index (χ1v) is 14.3. The summed E-state index contributed by atoms with van der Waals surface area (Å²) in [5.41, 5.74) is 4.49. The molecule has 7 rings (SSSR count). The maximum absolute atomic E-state index is 12.2. The second kappa shape index (κ2) is 9.20. The van der Waals surface area contributed by atoms with Gasteiger partial charge >= 0.3 is 6.09 Å². The molecule has 1 saturated carbocycles. The monoisotopic (exact) mass is 539 g/mol. The van der Waals surface area contributed by atoms with E-state index in [4.69, 9.17) is 9.47 Å². The fourth-order valence-corrected chi connectivity index (χ4v) is 6.91. The highest BCUT2D eigenvalue weighted by Crippen LogP contribution is 2.52. The molecule has 208 valence electrons. The van der Waals surface area contributed by atoms with Gasteiger partial charge in [0.05, 0.1) is 5.52 Å². The van der Waals surface area contributed by atoms with Crippen LogP contribution in [0.5, 0.6) is 5.88 Å². The van der Waals surface area contributed by atoms with Crippen LogP contribution in [0.25, 0.3) is 32.9 Å². The van der Waals surface area contributed by atoms with Gasteiger partial charge in [-0.1, -0.05) is 12.1 Å². The summed E-state index contributed by atoms with van der Waals surface area (Å²) in [5.74, 6) is 1.40. The molecular formula is C32H37N5O3. The number of aryl methyl sites for hydroxylation is 1. The third-order valence-electron chi connectivity index (χ3n) is 8.75. The van der Waals surface area contributed by atoms with Crippen LogP contribution >= 0.6 is 0 Å². The molecule has 1 aliphatic carbocycles. The van der Waals surface area contributed by atoms with Crippen LogP contribution in [0.3, 0.4) is 0 Å². The molecule has 0 unspecified atom stereocenters. The van der Waals surface area contributed by atoms with Crippen LogP contribution in [0.15, 0.2) is 55.0 Å². The van der Waals surface area contributed by atoms with Crippen molar-refractivity contribution >= 4 is 27.9 Å². The van der Waals surface area contributed by atoms with Gasteiger partial charge in [0.1, 0.15) is 11.7 Å². The molecule has 0 N–H and O–H groups in total. The first-order chi connectivity index (χ1) is 19.1. The lowest BCUT2D eigenvalue weighted by molar-refractivity contribution is -0.108. The highest BCUT2D eigenvalue weighted by Gasteiger charge is 2.54. The van der Waals surface area contributed by atoms with Crippen molar-refractivity contribution in [1.82, 2.24) is 24.3 Å². The predicted octanol–water partition coefficient (Wildman–Crippen LogP) is 5.50. The van der Waals surface area contributed by atoms with Crippen molar-refractivity contribution in [3.8, 4) is 17.0 Å². The molecule has 8 heteroatoms. The Kier molecular flexibility index (Phi) is 5.82. The van der Waals surface area contributed by atoms with E-state index < -0.39 is 5.60 Å². The number of carbonyl (C=O) groups is 1. The zero-order valence-electron chi connectivity index (χ0n) is 23.8. The van der Waals surface area contributed by atoms with Gasteiger partial charge < -0.3 is 18.9 Å². The smallest absolute Gasteiger partial charge is 0.410 e. The van der Waals surface area contributed by atoms with E-state index >= 15 is 0 Å². The summed E-state index contributed by atoms with van der Waals surface area (Å²) in [6, 6.07) is 12.7. The number of ether oxygens (including phenoxy) is 2. The number of hydrogen-bond donors (Lipinski definition) is 0. The van der Waals surface area contributed by atoms with Crippen LogP contribution in [0.4, 0.5) is 4.79 Å². The summed E-state index contributed by atoms with van der Waals surface area (Å²) in [5, 5.41) is 2.39. The topological polar surface area (TPSA) is 72.7 Å². The van der Waals surface area contributed by atoms with Crippen LogP contribution in [0, 0.1) is 11.3 Å². The quantitative estimate of drug-likeness (QED) is 0.334. The van der Waals surface area contributed by atoms with Crippen molar-refractivity contribution in [3.05, 3.63) is 55.0 Å². The summed E-state index contributed by atoms with van der Waals surface area (Å²) >= 11 is 0. The first-order valence-electron chi connectivity index (χ1n) is 14.3. The average molecular weight is 540 g/mol. The predicted molar refractivity (Wildman–Crippen MR) is 155 cm³/mol. The fourth-order valence-electron chi connectivity index (χ4n) is 6.91. The van der Waals surface area contributed by atoms with Crippen molar-refractivity contribution in [2.45, 2.75) is 45.3 Å². The molecule has 1 aromatic carbocycles. The third-order valence-corrected chi connectivity index (χ3v) is 8.75. The average Bonchev–Trinajstić information content (AvgIpc) is 3.13. The normalized spacial score (nSPS) is 19.4. The maximum atomic E-state index is 12.2. The highest BCUT2D eigenvalue weighted by molar-refractivity contribution is 6.08. The van der Waals surface area contributed by atoms with E-state index in [1.54, 1.807) is 0 Å². The molecule has 3 fully saturated rings. The van der Waals surface area contributed by atoms with E-state index in [1.807, 2.05) is 50.3 Å². The van der Waals surface area contributed by atoms with Crippen molar-refractivity contribution in [1.29, 1.82) is 0 Å². The number of carbonyl (C=O) groups excluding carboxylic acids is 1. The number of benzene rings is 1. The minimum absolute atomic E-state index is 0.172. The largest absolute Gasteiger partial charge is 0.472 e. The van der Waals surface area contributed by atoms with Crippen LogP contribution in [0.2, 0.25) is 0 Å². The van der Waals surface area contributed by atoms with Crippen LogP contribution < -0.4 is 4.74 Å². The molecule has 0 radical (unpaired) electrons. The second-order valence-corrected chi connectivity index (χ2v) is 13.1. The van der Waals surface area contributed by atoms with Crippen molar-refractivity contribution in [3.63, 3.8) is 0 Å². The molecule has 2 aliphatic heterocycles. The number of hydrogen-bond acceptors (Lipinski definition) is 6. The third kappa shape index (κ3) is 4.58. The zero-order valence-corrected chi connectivity index (χ0v) is 23.8. The molecule has 1 spiro atoms. The summed E-state index contributed by atoms with van der Waals surface area (Å²) in [6.45, 7) is 10.5. The fraction of sp³-hybridized carbons (Fsp3) is 0.469. The Morgan fingerprint density at radius 2 is 1.77 bits per heavy atom. The summed E-state index contributed by atoms with van der Waals surface area (Å²) < 4.78 is 13.9. The van der Waals surface area contributed by atoms with Crippen molar-refractivity contribution < 1.29 is 14.3 Å². The number of rotatable bonds is 5. The Morgan fingerprint density at radius 3 is 2.50 bits per heavy atom. The highest BCUT2D eigenvalue weighted by atomic mass is 16.6.